The molecule has 0 heterocycles. The van der Waals surface area contributed by atoms with Crippen molar-refractivity contribution in [1.82, 2.24) is 0 Å². The lowest BCUT2D eigenvalue weighted by Gasteiger charge is -2.28. The smallest absolute Gasteiger partial charge is 0.123 e. The molecule has 0 aromatic heterocycles. The van der Waals surface area contributed by atoms with Gasteiger partial charge in [-0.05, 0) is 76.6 Å². The Bertz CT molecular complexity index is 1080. The van der Waals surface area contributed by atoms with Crippen molar-refractivity contribution in [3.05, 3.63) is 59.7 Å². The van der Waals surface area contributed by atoms with E-state index >= 15 is 0 Å². The molecule has 2 unspecified atom stereocenters. The van der Waals surface area contributed by atoms with Gasteiger partial charge in [-0.1, -0.05) is 49.9 Å². The minimum atomic E-state index is 0.0806. The average molecular weight is 370 g/mol. The van der Waals surface area contributed by atoms with Crippen molar-refractivity contribution < 1.29 is 9.84 Å². The van der Waals surface area contributed by atoms with Gasteiger partial charge in [0.2, 0.25) is 0 Å². The Morgan fingerprint density at radius 1 is 0.893 bits per heavy atom. The van der Waals surface area contributed by atoms with E-state index in [1.54, 1.807) is 7.11 Å². The van der Waals surface area contributed by atoms with Crippen molar-refractivity contribution in [3.8, 4) is 22.6 Å². The van der Waals surface area contributed by atoms with Crippen LogP contribution >= 0.6 is 0 Å². The number of hydrogen-bond donors (Lipinski definition) is 1. The summed E-state index contributed by atoms with van der Waals surface area (Å²) in [7, 11) is 1.68. The Hall–Kier alpha value is -2.48. The van der Waals surface area contributed by atoms with Crippen LogP contribution in [0.3, 0.4) is 0 Å². The first-order valence-electron chi connectivity index (χ1n) is 10.7. The van der Waals surface area contributed by atoms with Gasteiger partial charge in [0.1, 0.15) is 11.5 Å². The number of phenolic OH excluding ortho intramolecular Hbond substituents is 1. The Kier molecular flexibility index (Phi) is 3.39. The van der Waals surface area contributed by atoms with Crippen molar-refractivity contribution in [2.45, 2.75) is 43.9 Å². The summed E-state index contributed by atoms with van der Waals surface area (Å²) in [4.78, 5) is 0. The standard InChI is InChI=1S/C26H26O2/c1-28-18-10-11-19-21(12-18)24(27)13-23-25(19)20-8-4-5-9-22(20)26(23)14-16-6-2-3-7-17(16)15-26/h4-5,8-13,16-17,27H,2-3,6-7,14-15H2,1H3. The van der Waals surface area contributed by atoms with Crippen molar-refractivity contribution in [3.63, 3.8) is 0 Å². The van der Waals surface area contributed by atoms with Crippen LogP contribution < -0.4 is 4.74 Å². The van der Waals surface area contributed by atoms with Crippen molar-refractivity contribution in [2.75, 3.05) is 7.11 Å². The minimum Gasteiger partial charge on any atom is -0.507 e. The zero-order valence-corrected chi connectivity index (χ0v) is 16.4. The third-order valence-electron chi connectivity index (χ3n) is 7.84. The van der Waals surface area contributed by atoms with Crippen molar-refractivity contribution in [2.24, 2.45) is 11.8 Å². The van der Waals surface area contributed by atoms with Gasteiger partial charge < -0.3 is 9.84 Å². The third kappa shape index (κ3) is 2.04. The maximum absolute atomic E-state index is 11.0. The predicted molar refractivity (Wildman–Crippen MR) is 113 cm³/mol. The lowest BCUT2D eigenvalue weighted by Crippen LogP contribution is -2.21. The fourth-order valence-electron chi connectivity index (χ4n) is 6.68. The number of fused-ring (bicyclic) bond motifs is 8. The van der Waals surface area contributed by atoms with Crippen LogP contribution in [0.25, 0.3) is 21.9 Å². The van der Waals surface area contributed by atoms with Gasteiger partial charge in [0, 0.05) is 10.8 Å². The van der Waals surface area contributed by atoms with E-state index < -0.39 is 0 Å². The molecule has 3 aromatic carbocycles. The summed E-state index contributed by atoms with van der Waals surface area (Å²) in [5, 5.41) is 13.0. The van der Waals surface area contributed by atoms with Crippen LogP contribution in [0.1, 0.15) is 49.7 Å². The zero-order chi connectivity index (χ0) is 18.9. The van der Waals surface area contributed by atoms with E-state index in [1.807, 2.05) is 12.1 Å². The van der Waals surface area contributed by atoms with Crippen molar-refractivity contribution >= 4 is 10.8 Å². The molecule has 3 aliphatic rings. The monoisotopic (exact) mass is 370 g/mol. The predicted octanol–water partition coefficient (Wildman–Crippen LogP) is 6.42. The molecule has 2 fully saturated rings. The van der Waals surface area contributed by atoms with E-state index in [2.05, 4.69) is 36.4 Å². The molecule has 6 rings (SSSR count). The van der Waals surface area contributed by atoms with Crippen LogP contribution in [0.15, 0.2) is 48.5 Å². The van der Waals surface area contributed by atoms with E-state index in [0.29, 0.717) is 5.75 Å². The van der Waals surface area contributed by atoms with Gasteiger partial charge in [0.15, 0.2) is 0 Å². The molecule has 2 heteroatoms. The molecule has 0 bridgehead atoms. The maximum Gasteiger partial charge on any atom is 0.123 e. The molecule has 28 heavy (non-hydrogen) atoms. The Morgan fingerprint density at radius 3 is 2.39 bits per heavy atom. The van der Waals surface area contributed by atoms with Crippen LogP contribution in [0, 0.1) is 11.8 Å². The van der Waals surface area contributed by atoms with Crippen LogP contribution in [0.4, 0.5) is 0 Å². The Labute approximate surface area is 166 Å². The highest BCUT2D eigenvalue weighted by atomic mass is 16.5. The first-order valence-corrected chi connectivity index (χ1v) is 10.7. The third-order valence-corrected chi connectivity index (χ3v) is 7.84. The normalized spacial score (nSPS) is 27.6. The van der Waals surface area contributed by atoms with Gasteiger partial charge in [-0.25, -0.2) is 0 Å². The average Bonchev–Trinajstić information content (AvgIpc) is 3.25. The fourth-order valence-corrected chi connectivity index (χ4v) is 6.68. The van der Waals surface area contributed by atoms with Gasteiger partial charge >= 0.3 is 0 Å². The first-order chi connectivity index (χ1) is 13.7. The number of rotatable bonds is 1. The molecule has 2 saturated carbocycles. The number of aromatic hydroxyl groups is 1. The van der Waals surface area contributed by atoms with E-state index in [-0.39, 0.29) is 5.41 Å². The summed E-state index contributed by atoms with van der Waals surface area (Å²) in [6.07, 6.45) is 8.00. The molecule has 2 nitrogen and oxygen atoms in total. The summed E-state index contributed by atoms with van der Waals surface area (Å²) in [6.45, 7) is 0. The molecule has 1 spiro atoms. The van der Waals surface area contributed by atoms with Gasteiger partial charge in [-0.15, -0.1) is 0 Å². The van der Waals surface area contributed by atoms with Crippen LogP contribution in [0.2, 0.25) is 0 Å². The highest BCUT2D eigenvalue weighted by molar-refractivity contribution is 6.05. The van der Waals surface area contributed by atoms with Gasteiger partial charge in [-0.2, -0.15) is 0 Å². The molecule has 0 amide bonds. The summed E-state index contributed by atoms with van der Waals surface area (Å²) < 4.78 is 5.41. The molecule has 0 radical (unpaired) electrons. The highest BCUT2D eigenvalue weighted by Crippen LogP contribution is 2.63. The number of ether oxygens (including phenoxy) is 1. The summed E-state index contributed by atoms with van der Waals surface area (Å²) in [5.74, 6) is 2.84. The fraction of sp³-hybridized carbons (Fsp3) is 0.385. The maximum atomic E-state index is 11.0. The van der Waals surface area contributed by atoms with E-state index in [4.69, 9.17) is 4.74 Å². The van der Waals surface area contributed by atoms with Gasteiger partial charge in [0.05, 0.1) is 7.11 Å². The van der Waals surface area contributed by atoms with Gasteiger partial charge in [-0.3, -0.25) is 0 Å². The number of phenols is 1. The van der Waals surface area contributed by atoms with Crippen LogP contribution in [-0.2, 0) is 5.41 Å². The summed E-state index contributed by atoms with van der Waals surface area (Å²) >= 11 is 0. The van der Waals surface area contributed by atoms with Crippen LogP contribution in [0.5, 0.6) is 11.5 Å². The second kappa shape index (κ2) is 5.76. The second-order valence-electron chi connectivity index (χ2n) is 9.07. The number of hydrogen-bond acceptors (Lipinski definition) is 2. The molecule has 1 N–H and O–H groups in total. The second-order valence-corrected chi connectivity index (χ2v) is 9.07. The number of benzene rings is 3. The molecular formula is C26H26O2. The Morgan fingerprint density at radius 2 is 1.64 bits per heavy atom. The molecular weight excluding hydrogens is 344 g/mol. The van der Waals surface area contributed by atoms with E-state index in [0.717, 1.165) is 28.4 Å². The molecule has 2 atom stereocenters. The van der Waals surface area contributed by atoms with E-state index in [9.17, 15) is 5.11 Å². The first kappa shape index (κ1) is 16.5. The zero-order valence-electron chi connectivity index (χ0n) is 16.4. The molecule has 0 aliphatic heterocycles. The molecule has 142 valence electrons. The summed E-state index contributed by atoms with van der Waals surface area (Å²) in [6, 6.07) is 17.2. The Balaban J connectivity index is 1.65. The topological polar surface area (TPSA) is 29.5 Å². The SMILES string of the molecule is COc1ccc2c3c(cc(O)c2c1)C1(CC2CCCCC2C1)c1ccccc1-3. The number of methoxy groups -OCH3 is 1. The largest absolute Gasteiger partial charge is 0.507 e. The summed E-state index contributed by atoms with van der Waals surface area (Å²) in [5.41, 5.74) is 5.63. The lowest BCUT2D eigenvalue weighted by atomic mass is 9.75. The molecule has 3 aliphatic carbocycles. The minimum absolute atomic E-state index is 0.0806. The quantitative estimate of drug-likeness (QED) is 0.535. The van der Waals surface area contributed by atoms with Gasteiger partial charge in [0.25, 0.3) is 0 Å². The van der Waals surface area contributed by atoms with Crippen molar-refractivity contribution in [1.29, 1.82) is 0 Å². The molecule has 0 saturated heterocycles. The molecule has 3 aromatic rings. The van der Waals surface area contributed by atoms with Crippen LogP contribution in [-0.4, -0.2) is 12.2 Å². The van der Waals surface area contributed by atoms with E-state index in [1.165, 1.54) is 60.8 Å². The highest BCUT2D eigenvalue weighted by Gasteiger charge is 2.52. The lowest BCUT2D eigenvalue weighted by molar-refractivity contribution is 0.277.